The first-order valence-electron chi connectivity index (χ1n) is 11.2. The van der Waals surface area contributed by atoms with Crippen molar-refractivity contribution in [3.8, 4) is 6.07 Å². The highest BCUT2D eigenvalue weighted by molar-refractivity contribution is 5.93. The molecule has 2 fully saturated rings. The number of carbonyl (C=O) groups is 2. The second-order valence-electron chi connectivity index (χ2n) is 9.43. The van der Waals surface area contributed by atoms with Crippen molar-refractivity contribution < 1.29 is 27.2 Å². The number of aromatic nitrogens is 1. The van der Waals surface area contributed by atoms with Crippen LogP contribution in [0, 0.1) is 29.6 Å². The third-order valence-electron chi connectivity index (χ3n) is 7.17. The Morgan fingerprint density at radius 3 is 2.49 bits per heavy atom. The van der Waals surface area contributed by atoms with Crippen LogP contribution in [0.15, 0.2) is 29.0 Å². The van der Waals surface area contributed by atoms with Gasteiger partial charge < -0.3 is 19.1 Å². The molecule has 186 valence electrons. The number of hydrogen-bond acceptors (Lipinski definition) is 6. The van der Waals surface area contributed by atoms with E-state index < -0.39 is 28.6 Å². The maximum atomic E-state index is 13.4. The van der Waals surface area contributed by atoms with Crippen LogP contribution in [-0.4, -0.2) is 66.9 Å². The van der Waals surface area contributed by atoms with E-state index in [2.05, 4.69) is 4.98 Å². The van der Waals surface area contributed by atoms with Crippen LogP contribution in [0.25, 0.3) is 0 Å². The van der Waals surface area contributed by atoms with Crippen LogP contribution in [0.4, 0.5) is 18.9 Å². The summed E-state index contributed by atoms with van der Waals surface area (Å²) in [7, 11) is 3.34. The molecule has 4 rings (SSSR count). The lowest BCUT2D eigenvalue weighted by atomic mass is 9.70. The van der Waals surface area contributed by atoms with E-state index in [0.717, 1.165) is 6.07 Å². The average molecular weight is 489 g/mol. The van der Waals surface area contributed by atoms with E-state index in [4.69, 9.17) is 9.68 Å². The van der Waals surface area contributed by atoms with Crippen molar-refractivity contribution in [3.05, 3.63) is 47.2 Å². The number of piperidine rings is 1. The number of nitrogens with zero attached hydrogens (tertiary/aromatic N) is 5. The van der Waals surface area contributed by atoms with E-state index in [0.29, 0.717) is 43.9 Å². The maximum absolute atomic E-state index is 13.4. The van der Waals surface area contributed by atoms with Crippen LogP contribution in [0.5, 0.6) is 0 Å². The lowest BCUT2D eigenvalue weighted by molar-refractivity contribution is -0.138. The van der Waals surface area contributed by atoms with E-state index >= 15 is 0 Å². The predicted octanol–water partition coefficient (Wildman–Crippen LogP) is 3.32. The first-order valence-corrected chi connectivity index (χ1v) is 11.2. The van der Waals surface area contributed by atoms with Gasteiger partial charge in [-0.05, 0) is 38.0 Å². The van der Waals surface area contributed by atoms with Gasteiger partial charge in [0.05, 0.1) is 28.8 Å². The lowest BCUT2D eigenvalue weighted by Crippen LogP contribution is -2.48. The molecule has 1 unspecified atom stereocenters. The number of carbonyl (C=O) groups excluding carboxylic acids is 2. The fraction of sp³-hybridized carbons (Fsp3) is 0.500. The van der Waals surface area contributed by atoms with Crippen LogP contribution >= 0.6 is 0 Å². The first kappa shape index (κ1) is 24.6. The van der Waals surface area contributed by atoms with Gasteiger partial charge in [0, 0.05) is 51.4 Å². The minimum absolute atomic E-state index is 0.0826. The largest absolute Gasteiger partial charge is 0.438 e. The van der Waals surface area contributed by atoms with Crippen LogP contribution in [-0.2, 0) is 11.0 Å². The van der Waals surface area contributed by atoms with Crippen molar-refractivity contribution in [2.24, 2.45) is 11.3 Å². The fourth-order valence-electron chi connectivity index (χ4n) is 5.20. The Morgan fingerprint density at radius 1 is 1.26 bits per heavy atom. The Balaban J connectivity index is 1.58. The number of anilines is 1. The van der Waals surface area contributed by atoms with Gasteiger partial charge >= 0.3 is 6.18 Å². The van der Waals surface area contributed by atoms with E-state index in [1.807, 2.05) is 4.90 Å². The molecular weight excluding hydrogens is 463 g/mol. The number of oxazole rings is 1. The molecule has 1 atom stereocenters. The number of hydrogen-bond donors (Lipinski definition) is 0. The summed E-state index contributed by atoms with van der Waals surface area (Å²) < 4.78 is 45.6. The van der Waals surface area contributed by atoms with Crippen molar-refractivity contribution in [2.75, 3.05) is 45.2 Å². The van der Waals surface area contributed by atoms with Gasteiger partial charge in [0.25, 0.3) is 5.91 Å². The molecule has 0 radical (unpaired) electrons. The Bertz CT molecular complexity index is 1180. The van der Waals surface area contributed by atoms with Gasteiger partial charge in [0.1, 0.15) is 0 Å². The second kappa shape index (κ2) is 8.91. The number of alkyl halides is 3. The molecule has 35 heavy (non-hydrogen) atoms. The summed E-state index contributed by atoms with van der Waals surface area (Å²) in [6, 6.07) is 5.32. The van der Waals surface area contributed by atoms with Crippen LogP contribution in [0.1, 0.15) is 40.2 Å². The van der Waals surface area contributed by atoms with Gasteiger partial charge in [-0.2, -0.15) is 18.4 Å². The zero-order valence-electron chi connectivity index (χ0n) is 19.7. The van der Waals surface area contributed by atoms with E-state index in [1.54, 1.807) is 32.0 Å². The Hall–Kier alpha value is -3.55. The van der Waals surface area contributed by atoms with Crippen LogP contribution in [0.3, 0.4) is 0 Å². The Kier molecular flexibility index (Phi) is 6.25. The molecule has 0 aliphatic carbocycles. The van der Waals surface area contributed by atoms with Gasteiger partial charge in [-0.1, -0.05) is 0 Å². The molecule has 0 saturated carbocycles. The molecule has 1 aromatic heterocycles. The summed E-state index contributed by atoms with van der Waals surface area (Å²) in [6.45, 7) is 3.11. The summed E-state index contributed by atoms with van der Waals surface area (Å²) in [5, 5.41) is 9.06. The van der Waals surface area contributed by atoms with Gasteiger partial charge in [0.15, 0.2) is 6.39 Å². The topological polar surface area (TPSA) is 93.7 Å². The van der Waals surface area contributed by atoms with Crippen molar-refractivity contribution in [3.63, 3.8) is 0 Å². The minimum Gasteiger partial charge on any atom is -0.438 e. The zero-order chi connectivity index (χ0) is 25.5. The fourth-order valence-corrected chi connectivity index (χ4v) is 5.20. The number of halogens is 3. The number of benzene rings is 1. The van der Waals surface area contributed by atoms with Gasteiger partial charge in [0.2, 0.25) is 11.7 Å². The van der Waals surface area contributed by atoms with Gasteiger partial charge in [-0.15, -0.1) is 0 Å². The molecule has 1 aromatic carbocycles. The Labute approximate surface area is 200 Å². The second-order valence-corrected chi connectivity index (χ2v) is 9.43. The monoisotopic (exact) mass is 489 g/mol. The molecule has 3 heterocycles. The molecule has 2 amide bonds. The maximum Gasteiger partial charge on any atom is 0.417 e. The molecule has 0 N–H and O–H groups in total. The average Bonchev–Trinajstić information content (AvgIpc) is 3.41. The first-order chi connectivity index (χ1) is 16.5. The lowest BCUT2D eigenvalue weighted by Gasteiger charge is -2.43. The molecule has 2 aromatic rings. The van der Waals surface area contributed by atoms with Crippen molar-refractivity contribution >= 4 is 17.5 Å². The standard InChI is InChI=1S/C24H26F3N5O3/c1-15-20(35-14-29-15)22(34)32-12-19(21(33)30(2)3)23(13-32)6-8-31(9-7-23)17-5-4-16(11-28)18(10-17)24(25,26)27/h4-5,10,14,19H,6-9,12-13H2,1-3H3. The van der Waals surface area contributed by atoms with E-state index in [9.17, 15) is 22.8 Å². The highest BCUT2D eigenvalue weighted by atomic mass is 19.4. The van der Waals surface area contributed by atoms with E-state index in [-0.39, 0.29) is 24.1 Å². The normalized spacial score (nSPS) is 19.6. The van der Waals surface area contributed by atoms with Gasteiger partial charge in [-0.25, -0.2) is 4.98 Å². The molecule has 8 nitrogen and oxygen atoms in total. The highest BCUT2D eigenvalue weighted by Crippen LogP contribution is 2.47. The summed E-state index contributed by atoms with van der Waals surface area (Å²) in [6.07, 6.45) is -2.37. The SMILES string of the molecule is Cc1ncoc1C(=O)N1CC(C(=O)N(C)C)C2(CCN(c3ccc(C#N)c(C(F)(F)F)c3)CC2)C1. The third kappa shape index (κ3) is 4.45. The number of rotatable bonds is 3. The van der Waals surface area contributed by atoms with Crippen LogP contribution in [0.2, 0.25) is 0 Å². The summed E-state index contributed by atoms with van der Waals surface area (Å²) in [5.74, 6) is -0.690. The highest BCUT2D eigenvalue weighted by Gasteiger charge is 2.53. The van der Waals surface area contributed by atoms with Gasteiger partial charge in [-0.3, -0.25) is 9.59 Å². The van der Waals surface area contributed by atoms with E-state index in [1.165, 1.54) is 23.4 Å². The number of aryl methyl sites for hydroxylation is 1. The predicted molar refractivity (Wildman–Crippen MR) is 119 cm³/mol. The van der Waals surface area contributed by atoms with Crippen LogP contribution < -0.4 is 4.90 Å². The number of nitriles is 1. The molecular formula is C24H26F3N5O3. The van der Waals surface area contributed by atoms with Crippen molar-refractivity contribution in [1.82, 2.24) is 14.8 Å². The van der Waals surface area contributed by atoms with Crippen molar-refractivity contribution in [1.29, 1.82) is 5.26 Å². The summed E-state index contributed by atoms with van der Waals surface area (Å²) in [5.41, 5.74) is -1.02. The number of amides is 2. The third-order valence-corrected chi connectivity index (χ3v) is 7.17. The molecule has 2 saturated heterocycles. The minimum atomic E-state index is -4.63. The number of likely N-dealkylation sites (tertiary alicyclic amines) is 1. The Morgan fingerprint density at radius 2 is 1.94 bits per heavy atom. The quantitative estimate of drug-likeness (QED) is 0.657. The zero-order valence-corrected chi connectivity index (χ0v) is 19.7. The van der Waals surface area contributed by atoms with Crippen molar-refractivity contribution in [2.45, 2.75) is 25.9 Å². The molecule has 2 aliphatic heterocycles. The molecule has 0 bridgehead atoms. The summed E-state index contributed by atoms with van der Waals surface area (Å²) >= 11 is 0. The molecule has 1 spiro atoms. The summed E-state index contributed by atoms with van der Waals surface area (Å²) in [4.78, 5) is 35.2. The molecule has 2 aliphatic rings. The smallest absolute Gasteiger partial charge is 0.417 e. The molecule has 11 heteroatoms.